The summed E-state index contributed by atoms with van der Waals surface area (Å²) in [4.78, 5) is 33.0. The Morgan fingerprint density at radius 2 is 1.15 bits per heavy atom. The van der Waals surface area contributed by atoms with Gasteiger partial charge in [0, 0.05) is 69.2 Å². The van der Waals surface area contributed by atoms with Crippen molar-refractivity contribution in [1.82, 2.24) is 28.2 Å². The molecule has 0 aliphatic carbocycles. The number of fused-ring (bicyclic) bond motifs is 2. The molecule has 0 fully saturated rings. The third kappa shape index (κ3) is 10.5. The maximum absolute atomic E-state index is 15.7. The first-order valence-corrected chi connectivity index (χ1v) is 20.8. The highest BCUT2D eigenvalue weighted by atomic mass is 35.5. The Bertz CT molecular complexity index is 3270. The van der Waals surface area contributed by atoms with Crippen molar-refractivity contribution >= 4 is 33.7 Å². The number of rotatable bonds is 6. The van der Waals surface area contributed by atoms with Crippen LogP contribution < -0.4 is 16.1 Å². The van der Waals surface area contributed by atoms with Gasteiger partial charge in [0.2, 0.25) is 0 Å². The summed E-state index contributed by atoms with van der Waals surface area (Å²) in [6.07, 6.45) is 5.94. The second kappa shape index (κ2) is 19.1. The summed E-state index contributed by atoms with van der Waals surface area (Å²) in [7, 11) is 3.17. The molecule has 8 aromatic rings. The molecule has 0 unspecified atom stereocenters. The molecule has 0 atom stereocenters. The van der Waals surface area contributed by atoms with E-state index < -0.39 is 11.6 Å². The van der Waals surface area contributed by atoms with Gasteiger partial charge in [0.15, 0.2) is 11.6 Å². The van der Waals surface area contributed by atoms with Gasteiger partial charge < -0.3 is 9.84 Å². The first kappa shape index (κ1) is 46.9. The number of aromatic hydroxyl groups is 1. The van der Waals surface area contributed by atoms with Crippen LogP contribution in [0.5, 0.6) is 17.2 Å². The molecule has 0 amide bonds. The molecule has 4 heterocycles. The standard InChI is InChI=1S/C25H23FN4O2.C19H21FN2O2.C6H3ClN2/c1-25(2,3)15-30-20-9-8-19(22(26)23(20)29(4)24(30)31)16-6-5-7-18(12-16)32-21-10-11-28-14-17(21)13-27;1-19(2,3)11-22-15-9-8-14(12-6-5-7-13(23)10-12)16(20)17(15)21(4)18(22)24;7-6-1-2-9-4-5(6)3-8/h5-12,14H,15H2,1-4H3;5-10,23H,11H2,1-4H3;1-2,4H. The number of aryl methyl sites for hydroxylation is 2. The van der Waals surface area contributed by atoms with Crippen LogP contribution in [-0.4, -0.2) is 33.3 Å². The maximum atomic E-state index is 15.7. The zero-order chi connectivity index (χ0) is 47.4. The number of benzene rings is 4. The topological polar surface area (TPSA) is 157 Å². The summed E-state index contributed by atoms with van der Waals surface area (Å²) in [5.41, 5.74) is 3.62. The van der Waals surface area contributed by atoms with Crippen LogP contribution in [0.4, 0.5) is 8.78 Å². The lowest BCUT2D eigenvalue weighted by Gasteiger charge is -2.18. The van der Waals surface area contributed by atoms with E-state index in [-0.39, 0.29) is 39.0 Å². The number of nitrogens with zero attached hydrogens (tertiary/aromatic N) is 8. The number of nitriles is 2. The normalized spacial score (nSPS) is 11.3. The van der Waals surface area contributed by atoms with Crippen molar-refractivity contribution < 1.29 is 18.6 Å². The molecular formula is C50H47ClF2N8O4. The smallest absolute Gasteiger partial charge is 0.328 e. The Labute approximate surface area is 379 Å². The fraction of sp³-hybridized carbons (Fsp3) is 0.240. The van der Waals surface area contributed by atoms with Gasteiger partial charge in [-0.15, -0.1) is 0 Å². The Hall–Kier alpha value is -7.55. The average molecular weight is 897 g/mol. The number of imidazole rings is 2. The van der Waals surface area contributed by atoms with E-state index >= 15 is 8.78 Å². The number of phenols is 1. The molecule has 0 radical (unpaired) electrons. The quantitative estimate of drug-likeness (QED) is 0.173. The van der Waals surface area contributed by atoms with Gasteiger partial charge in [0.1, 0.15) is 46.0 Å². The highest BCUT2D eigenvalue weighted by Crippen LogP contribution is 2.34. The van der Waals surface area contributed by atoms with Crippen LogP contribution in [0.3, 0.4) is 0 Å². The van der Waals surface area contributed by atoms with E-state index in [1.807, 2.05) is 53.7 Å². The maximum Gasteiger partial charge on any atom is 0.328 e. The number of hydrogen-bond acceptors (Lipinski definition) is 8. The summed E-state index contributed by atoms with van der Waals surface area (Å²) in [6, 6.07) is 27.4. The lowest BCUT2D eigenvalue weighted by molar-refractivity contribution is 0.342. The molecule has 0 aliphatic rings. The predicted molar refractivity (Wildman–Crippen MR) is 249 cm³/mol. The van der Waals surface area contributed by atoms with Gasteiger partial charge in [-0.25, -0.2) is 18.4 Å². The molecule has 15 heteroatoms. The molecule has 65 heavy (non-hydrogen) atoms. The minimum atomic E-state index is -0.464. The zero-order valence-corrected chi connectivity index (χ0v) is 37.9. The van der Waals surface area contributed by atoms with Crippen LogP contribution in [0.15, 0.2) is 119 Å². The summed E-state index contributed by atoms with van der Waals surface area (Å²) in [6.45, 7) is 13.2. The van der Waals surface area contributed by atoms with E-state index in [1.165, 1.54) is 39.9 Å². The van der Waals surface area contributed by atoms with Crippen molar-refractivity contribution in [2.45, 2.75) is 54.6 Å². The van der Waals surface area contributed by atoms with E-state index in [0.29, 0.717) is 74.0 Å². The second-order valence-corrected chi connectivity index (χ2v) is 18.1. The summed E-state index contributed by atoms with van der Waals surface area (Å²) in [5.74, 6) is -0.00815. The summed E-state index contributed by atoms with van der Waals surface area (Å²) < 4.78 is 42.6. The molecule has 0 spiro atoms. The van der Waals surface area contributed by atoms with Crippen LogP contribution in [0, 0.1) is 45.1 Å². The molecule has 0 saturated heterocycles. The largest absolute Gasteiger partial charge is 0.508 e. The van der Waals surface area contributed by atoms with Gasteiger partial charge in [-0.05, 0) is 76.6 Å². The van der Waals surface area contributed by atoms with Crippen LogP contribution in [0.2, 0.25) is 5.02 Å². The average Bonchev–Trinajstić information content (AvgIpc) is 3.64. The van der Waals surface area contributed by atoms with E-state index in [1.54, 1.807) is 102 Å². The monoisotopic (exact) mass is 896 g/mol. The molecule has 4 aromatic carbocycles. The molecule has 1 N–H and O–H groups in total. The Morgan fingerprint density at radius 1 is 0.677 bits per heavy atom. The van der Waals surface area contributed by atoms with Gasteiger partial charge in [0.25, 0.3) is 0 Å². The minimum Gasteiger partial charge on any atom is -0.508 e. The Morgan fingerprint density at radius 3 is 1.62 bits per heavy atom. The molecular weight excluding hydrogens is 850 g/mol. The van der Waals surface area contributed by atoms with Crippen molar-refractivity contribution in [2.24, 2.45) is 24.9 Å². The number of phenolic OH excluding ortho intramolecular Hbond substituents is 1. The van der Waals surface area contributed by atoms with Crippen molar-refractivity contribution in [3.05, 3.63) is 158 Å². The number of hydrogen-bond donors (Lipinski definition) is 1. The SMILES string of the molecule is Cn1c(=O)n(CC(C)(C)C)c2ccc(-c3cccc(O)c3)c(F)c21.Cn1c(=O)n(CC(C)(C)C)c2ccc(-c3cccc(Oc4ccncc4C#N)c3)c(F)c21.N#Cc1cnccc1Cl. The van der Waals surface area contributed by atoms with Gasteiger partial charge in [0.05, 0.1) is 21.6 Å². The lowest BCUT2D eigenvalue weighted by Crippen LogP contribution is -2.27. The van der Waals surface area contributed by atoms with Gasteiger partial charge in [-0.1, -0.05) is 77.4 Å². The predicted octanol–water partition coefficient (Wildman–Crippen LogP) is 10.8. The molecule has 0 aliphatic heterocycles. The minimum absolute atomic E-state index is 0.0752. The van der Waals surface area contributed by atoms with Crippen molar-refractivity contribution in [1.29, 1.82) is 10.5 Å². The fourth-order valence-corrected chi connectivity index (χ4v) is 7.33. The first-order chi connectivity index (χ1) is 30.7. The summed E-state index contributed by atoms with van der Waals surface area (Å²) >= 11 is 5.56. The van der Waals surface area contributed by atoms with E-state index in [9.17, 15) is 20.0 Å². The Kier molecular flexibility index (Phi) is 13.8. The van der Waals surface area contributed by atoms with Gasteiger partial charge in [-0.2, -0.15) is 10.5 Å². The van der Waals surface area contributed by atoms with Crippen molar-refractivity contribution in [3.63, 3.8) is 0 Å². The molecule has 0 saturated carbocycles. The fourth-order valence-electron chi connectivity index (χ4n) is 7.18. The van der Waals surface area contributed by atoms with Gasteiger partial charge in [-0.3, -0.25) is 28.2 Å². The molecule has 0 bridgehead atoms. The second-order valence-electron chi connectivity index (χ2n) is 17.7. The lowest BCUT2D eigenvalue weighted by atomic mass is 9.96. The summed E-state index contributed by atoms with van der Waals surface area (Å²) in [5, 5.41) is 27.7. The van der Waals surface area contributed by atoms with Crippen LogP contribution >= 0.6 is 11.6 Å². The number of ether oxygens (including phenoxy) is 1. The van der Waals surface area contributed by atoms with Crippen molar-refractivity contribution in [2.75, 3.05) is 0 Å². The first-order valence-electron chi connectivity index (χ1n) is 20.4. The van der Waals surface area contributed by atoms with Crippen LogP contribution in [0.1, 0.15) is 52.7 Å². The Balaban J connectivity index is 0.000000186. The van der Waals surface area contributed by atoms with E-state index in [0.717, 1.165) is 0 Å². The highest BCUT2D eigenvalue weighted by molar-refractivity contribution is 6.31. The third-order valence-corrected chi connectivity index (χ3v) is 10.4. The number of aromatic nitrogens is 6. The van der Waals surface area contributed by atoms with Crippen molar-refractivity contribution in [3.8, 4) is 51.6 Å². The third-order valence-electron chi connectivity index (χ3n) is 10.1. The van der Waals surface area contributed by atoms with Gasteiger partial charge >= 0.3 is 11.4 Å². The van der Waals surface area contributed by atoms with Crippen LogP contribution in [0.25, 0.3) is 44.3 Å². The zero-order valence-electron chi connectivity index (χ0n) is 37.2. The molecule has 8 rings (SSSR count). The molecule has 4 aromatic heterocycles. The number of pyridine rings is 2. The van der Waals surface area contributed by atoms with E-state index in [4.69, 9.17) is 21.6 Å². The highest BCUT2D eigenvalue weighted by Gasteiger charge is 2.23. The number of halogens is 3. The van der Waals surface area contributed by atoms with E-state index in [2.05, 4.69) is 9.97 Å². The van der Waals surface area contributed by atoms with Crippen LogP contribution in [-0.2, 0) is 27.2 Å². The molecule has 12 nitrogen and oxygen atoms in total. The molecule has 332 valence electrons.